The molecule has 1 aliphatic carbocycles. The third kappa shape index (κ3) is 2.20. The molecule has 1 aliphatic rings. The maximum absolute atomic E-state index is 5.98. The van der Waals surface area contributed by atoms with Crippen LogP contribution < -0.4 is 5.73 Å². The molecule has 0 bridgehead atoms. The van der Waals surface area contributed by atoms with Gasteiger partial charge in [-0.1, -0.05) is 17.7 Å². The molecular weight excluding hydrogens is 184 g/mol. The average Bonchev–Trinajstić information content (AvgIpc) is 2.83. The molecule has 1 heterocycles. The van der Waals surface area contributed by atoms with Crippen molar-refractivity contribution in [3.63, 3.8) is 0 Å². The van der Waals surface area contributed by atoms with E-state index in [0.29, 0.717) is 5.15 Å². The molecule has 0 unspecified atom stereocenters. The molecule has 1 fully saturated rings. The normalized spacial score (nSPS) is 18.6. The van der Waals surface area contributed by atoms with E-state index in [9.17, 15) is 0 Å². The van der Waals surface area contributed by atoms with Crippen molar-refractivity contribution in [2.75, 3.05) is 0 Å². The molecule has 0 radical (unpaired) electrons. The van der Waals surface area contributed by atoms with E-state index in [-0.39, 0.29) is 5.54 Å². The maximum atomic E-state index is 5.98. The first-order chi connectivity index (χ1) is 6.20. The number of aromatic nitrogens is 1. The van der Waals surface area contributed by atoms with Crippen LogP contribution in [0.25, 0.3) is 0 Å². The minimum absolute atomic E-state index is 0.110. The fourth-order valence-electron chi connectivity index (χ4n) is 1.40. The molecule has 2 N–H and O–H groups in total. The topological polar surface area (TPSA) is 38.9 Å². The Morgan fingerprint density at radius 2 is 2.31 bits per heavy atom. The highest BCUT2D eigenvalue weighted by Crippen LogP contribution is 2.36. The molecule has 70 valence electrons. The summed E-state index contributed by atoms with van der Waals surface area (Å²) in [6, 6.07) is 3.93. The summed E-state index contributed by atoms with van der Waals surface area (Å²) in [5, 5.41) is 0.617. The van der Waals surface area contributed by atoms with E-state index in [0.717, 1.165) is 31.2 Å². The summed E-state index contributed by atoms with van der Waals surface area (Å²) in [5.74, 6) is 0. The molecular formula is C10H13ClN2. The molecule has 1 aromatic heterocycles. The number of aryl methyl sites for hydroxylation is 1. The van der Waals surface area contributed by atoms with Crippen molar-refractivity contribution in [3.05, 3.63) is 29.0 Å². The van der Waals surface area contributed by atoms with Crippen molar-refractivity contribution in [1.29, 1.82) is 0 Å². The smallest absolute Gasteiger partial charge is 0.132 e. The number of nitrogens with zero attached hydrogens (tertiary/aromatic N) is 1. The van der Waals surface area contributed by atoms with Crippen LogP contribution in [0.1, 0.15) is 24.8 Å². The Kier molecular flexibility index (Phi) is 2.26. The van der Waals surface area contributed by atoms with Gasteiger partial charge in [0.25, 0.3) is 0 Å². The number of pyridine rings is 1. The summed E-state index contributed by atoms with van der Waals surface area (Å²) in [4.78, 5) is 4.02. The van der Waals surface area contributed by atoms with Gasteiger partial charge in [-0.2, -0.15) is 0 Å². The van der Waals surface area contributed by atoms with Crippen LogP contribution >= 0.6 is 11.6 Å². The van der Waals surface area contributed by atoms with Crippen LogP contribution in [-0.2, 0) is 6.42 Å². The number of nitrogens with two attached hydrogens (primary N) is 1. The van der Waals surface area contributed by atoms with Gasteiger partial charge in [0, 0.05) is 11.7 Å². The third-order valence-corrected chi connectivity index (χ3v) is 2.96. The van der Waals surface area contributed by atoms with Crippen molar-refractivity contribution in [2.24, 2.45) is 5.73 Å². The van der Waals surface area contributed by atoms with Crippen LogP contribution in [0.4, 0.5) is 0 Å². The highest BCUT2D eigenvalue weighted by molar-refractivity contribution is 6.30. The van der Waals surface area contributed by atoms with Gasteiger partial charge < -0.3 is 5.73 Å². The van der Waals surface area contributed by atoms with Gasteiger partial charge in [0.05, 0.1) is 0 Å². The molecule has 0 spiro atoms. The zero-order valence-corrected chi connectivity index (χ0v) is 8.22. The van der Waals surface area contributed by atoms with Gasteiger partial charge in [-0.3, -0.25) is 0 Å². The maximum Gasteiger partial charge on any atom is 0.132 e. The highest BCUT2D eigenvalue weighted by Gasteiger charge is 2.37. The average molecular weight is 197 g/mol. The quantitative estimate of drug-likeness (QED) is 0.753. The first-order valence-electron chi connectivity index (χ1n) is 4.58. The van der Waals surface area contributed by atoms with E-state index in [2.05, 4.69) is 4.98 Å². The largest absolute Gasteiger partial charge is 0.325 e. The zero-order chi connectivity index (χ0) is 9.31. The predicted molar refractivity (Wildman–Crippen MR) is 53.7 cm³/mol. The van der Waals surface area contributed by atoms with Crippen LogP contribution in [0.5, 0.6) is 0 Å². The minimum Gasteiger partial charge on any atom is -0.325 e. The van der Waals surface area contributed by atoms with Crippen LogP contribution in [0.3, 0.4) is 0 Å². The molecule has 3 heteroatoms. The molecule has 0 atom stereocenters. The van der Waals surface area contributed by atoms with E-state index in [1.165, 1.54) is 0 Å². The van der Waals surface area contributed by atoms with Crippen molar-refractivity contribution in [3.8, 4) is 0 Å². The van der Waals surface area contributed by atoms with Crippen molar-refractivity contribution in [2.45, 2.75) is 31.2 Å². The molecule has 0 aromatic carbocycles. The fourth-order valence-corrected chi connectivity index (χ4v) is 1.61. The number of hydrogen-bond donors (Lipinski definition) is 1. The minimum atomic E-state index is 0.110. The Labute approximate surface area is 83.1 Å². The third-order valence-electron chi connectivity index (χ3n) is 2.62. The van der Waals surface area contributed by atoms with Crippen LogP contribution in [0.2, 0.25) is 5.15 Å². The number of halogens is 1. The van der Waals surface area contributed by atoms with E-state index in [1.807, 2.05) is 12.1 Å². The molecule has 2 rings (SSSR count). The summed E-state index contributed by atoms with van der Waals surface area (Å²) in [6.45, 7) is 0. The van der Waals surface area contributed by atoms with Crippen molar-refractivity contribution >= 4 is 11.6 Å². The lowest BCUT2D eigenvalue weighted by Gasteiger charge is -2.08. The summed E-state index contributed by atoms with van der Waals surface area (Å²) < 4.78 is 0. The molecule has 0 saturated heterocycles. The van der Waals surface area contributed by atoms with Gasteiger partial charge in [-0.25, -0.2) is 4.98 Å². The second kappa shape index (κ2) is 3.28. The van der Waals surface area contributed by atoms with E-state index in [1.54, 1.807) is 6.20 Å². The van der Waals surface area contributed by atoms with Crippen LogP contribution in [0.15, 0.2) is 18.3 Å². The van der Waals surface area contributed by atoms with Crippen LogP contribution in [-0.4, -0.2) is 10.5 Å². The predicted octanol–water partition coefficient (Wildman–Crippen LogP) is 2.16. The summed E-state index contributed by atoms with van der Waals surface area (Å²) in [5.41, 5.74) is 7.20. The summed E-state index contributed by atoms with van der Waals surface area (Å²) >= 11 is 5.92. The van der Waals surface area contributed by atoms with E-state index >= 15 is 0 Å². The van der Waals surface area contributed by atoms with Gasteiger partial charge in [0.2, 0.25) is 0 Å². The summed E-state index contributed by atoms with van der Waals surface area (Å²) in [6.07, 6.45) is 6.00. The lowest BCUT2D eigenvalue weighted by atomic mass is 10.1. The molecule has 1 saturated carbocycles. The van der Waals surface area contributed by atoms with E-state index in [4.69, 9.17) is 17.3 Å². The van der Waals surface area contributed by atoms with Crippen molar-refractivity contribution in [1.82, 2.24) is 4.98 Å². The molecule has 0 amide bonds. The zero-order valence-electron chi connectivity index (χ0n) is 7.46. The first kappa shape index (κ1) is 8.97. The Bertz CT molecular complexity index is 308. The Morgan fingerprint density at radius 1 is 1.54 bits per heavy atom. The fraction of sp³-hybridized carbons (Fsp3) is 0.500. The monoisotopic (exact) mass is 196 g/mol. The van der Waals surface area contributed by atoms with Crippen molar-refractivity contribution < 1.29 is 0 Å². The van der Waals surface area contributed by atoms with E-state index < -0.39 is 0 Å². The molecule has 1 aromatic rings. The standard InChI is InChI=1S/C10H13ClN2/c11-9-8(2-1-7-13-9)3-4-10(12)5-6-10/h1-2,7H,3-6,12H2. The SMILES string of the molecule is NC1(CCc2cccnc2Cl)CC1. The first-order valence-corrected chi connectivity index (χ1v) is 4.96. The van der Waals surface area contributed by atoms with Crippen LogP contribution in [0, 0.1) is 0 Å². The second-order valence-corrected chi connectivity index (χ2v) is 4.17. The molecule has 0 aliphatic heterocycles. The lowest BCUT2D eigenvalue weighted by Crippen LogP contribution is -2.22. The second-order valence-electron chi connectivity index (χ2n) is 3.82. The Hall–Kier alpha value is -0.600. The Morgan fingerprint density at radius 3 is 2.92 bits per heavy atom. The van der Waals surface area contributed by atoms with Gasteiger partial charge in [0.15, 0.2) is 0 Å². The lowest BCUT2D eigenvalue weighted by molar-refractivity contribution is 0.608. The Balaban J connectivity index is 1.97. The highest BCUT2D eigenvalue weighted by atomic mass is 35.5. The van der Waals surface area contributed by atoms with Gasteiger partial charge in [-0.15, -0.1) is 0 Å². The van der Waals surface area contributed by atoms with Gasteiger partial charge >= 0.3 is 0 Å². The summed E-state index contributed by atoms with van der Waals surface area (Å²) in [7, 11) is 0. The van der Waals surface area contributed by atoms with Gasteiger partial charge in [0.1, 0.15) is 5.15 Å². The molecule has 2 nitrogen and oxygen atoms in total. The van der Waals surface area contributed by atoms with Gasteiger partial charge in [-0.05, 0) is 37.3 Å². The number of hydrogen-bond acceptors (Lipinski definition) is 2. The molecule has 13 heavy (non-hydrogen) atoms. The number of rotatable bonds is 3.